The maximum atomic E-state index is 13.1. The largest absolute Gasteiger partial charge is 0.397 e. The first-order valence-corrected chi connectivity index (χ1v) is 11.6. The van der Waals surface area contributed by atoms with Crippen LogP contribution in [0.2, 0.25) is 5.02 Å². The summed E-state index contributed by atoms with van der Waals surface area (Å²) in [7, 11) is 0. The second-order valence-electron chi connectivity index (χ2n) is 7.77. The summed E-state index contributed by atoms with van der Waals surface area (Å²) >= 11 is 7.42. The van der Waals surface area contributed by atoms with Crippen molar-refractivity contribution < 1.29 is 4.79 Å². The van der Waals surface area contributed by atoms with Gasteiger partial charge >= 0.3 is 0 Å². The van der Waals surface area contributed by atoms with Gasteiger partial charge in [0, 0.05) is 21.7 Å². The fourth-order valence-electron chi connectivity index (χ4n) is 3.73. The van der Waals surface area contributed by atoms with E-state index < -0.39 is 0 Å². The number of halogens is 1. The Balaban J connectivity index is 1.66. The van der Waals surface area contributed by atoms with Crippen LogP contribution in [-0.2, 0) is 0 Å². The molecule has 0 saturated heterocycles. The van der Waals surface area contributed by atoms with E-state index in [0.717, 1.165) is 39.0 Å². The van der Waals surface area contributed by atoms with Crippen LogP contribution in [0.15, 0.2) is 84.9 Å². The van der Waals surface area contributed by atoms with E-state index in [-0.39, 0.29) is 5.91 Å². The zero-order valence-corrected chi connectivity index (χ0v) is 19.4. The Hall–Kier alpha value is -3.67. The lowest BCUT2D eigenvalue weighted by Gasteiger charge is -2.09. The maximum Gasteiger partial charge on any atom is 0.267 e. The van der Waals surface area contributed by atoms with Crippen LogP contribution in [0.3, 0.4) is 0 Å². The molecule has 6 heteroatoms. The Morgan fingerprint density at radius 3 is 2.33 bits per heavy atom. The van der Waals surface area contributed by atoms with Crippen LogP contribution in [-0.4, -0.2) is 10.9 Å². The minimum atomic E-state index is -0.248. The van der Waals surface area contributed by atoms with Gasteiger partial charge < -0.3 is 11.1 Å². The molecular weight excluding hydrogens is 450 g/mol. The van der Waals surface area contributed by atoms with E-state index in [2.05, 4.69) is 5.32 Å². The number of nitrogen functional groups attached to an aromatic ring is 1. The molecule has 0 aliphatic heterocycles. The Morgan fingerprint density at radius 1 is 0.939 bits per heavy atom. The third kappa shape index (κ3) is 4.21. The number of fused-ring (bicyclic) bond motifs is 1. The molecular formula is C27H20ClN3OS. The molecule has 0 spiro atoms. The number of carbonyl (C=O) groups excluding carboxylic acids is 1. The molecule has 0 bridgehead atoms. The fraction of sp³-hybridized carbons (Fsp3) is 0.0370. The molecule has 0 unspecified atom stereocenters. The number of nitrogens with zero attached hydrogens (tertiary/aromatic N) is 1. The van der Waals surface area contributed by atoms with Crippen LogP contribution >= 0.6 is 22.9 Å². The molecule has 0 aliphatic carbocycles. The lowest BCUT2D eigenvalue weighted by atomic mass is 9.99. The lowest BCUT2D eigenvalue weighted by Crippen LogP contribution is -2.11. The molecule has 0 saturated carbocycles. The normalized spacial score (nSPS) is 11.0. The molecule has 0 atom stereocenters. The minimum absolute atomic E-state index is 0.248. The molecule has 0 aliphatic rings. The van der Waals surface area contributed by atoms with Gasteiger partial charge in [-0.2, -0.15) is 0 Å². The number of pyridine rings is 1. The van der Waals surface area contributed by atoms with Crippen molar-refractivity contribution in [1.82, 2.24) is 4.98 Å². The number of aryl methyl sites for hydroxylation is 1. The monoisotopic (exact) mass is 469 g/mol. The van der Waals surface area contributed by atoms with Gasteiger partial charge in [0.1, 0.15) is 9.71 Å². The van der Waals surface area contributed by atoms with Crippen molar-refractivity contribution in [3.05, 3.63) is 100 Å². The van der Waals surface area contributed by atoms with Crippen molar-refractivity contribution in [2.24, 2.45) is 0 Å². The molecule has 1 amide bonds. The zero-order chi connectivity index (χ0) is 22.9. The standard InChI is InChI=1S/C27H20ClN3OS/c1-16-7-13-20(14-8-16)30-26(32)25-24(29)23-21(17-9-11-19(28)12-10-17)15-22(31-27(23)33-25)18-5-3-2-4-6-18/h2-15H,29H2,1H3,(H,30,32). The highest BCUT2D eigenvalue weighted by Crippen LogP contribution is 2.41. The van der Waals surface area contributed by atoms with Crippen molar-refractivity contribution in [2.75, 3.05) is 11.1 Å². The molecule has 0 fully saturated rings. The minimum Gasteiger partial charge on any atom is -0.397 e. The summed E-state index contributed by atoms with van der Waals surface area (Å²) in [4.78, 5) is 19.1. The second-order valence-corrected chi connectivity index (χ2v) is 9.21. The van der Waals surface area contributed by atoms with Crippen molar-refractivity contribution in [3.8, 4) is 22.4 Å². The summed E-state index contributed by atoms with van der Waals surface area (Å²) in [5, 5.41) is 4.38. The van der Waals surface area contributed by atoms with Gasteiger partial charge in [-0.1, -0.05) is 71.8 Å². The lowest BCUT2D eigenvalue weighted by molar-refractivity contribution is 0.103. The van der Waals surface area contributed by atoms with Crippen LogP contribution in [0.1, 0.15) is 15.2 Å². The van der Waals surface area contributed by atoms with Crippen LogP contribution in [0.5, 0.6) is 0 Å². The number of nitrogens with one attached hydrogen (secondary N) is 1. The number of benzene rings is 3. The summed E-state index contributed by atoms with van der Waals surface area (Å²) < 4.78 is 0. The topological polar surface area (TPSA) is 68.0 Å². The van der Waals surface area contributed by atoms with Crippen molar-refractivity contribution >= 4 is 50.4 Å². The fourth-order valence-corrected chi connectivity index (χ4v) is 4.87. The first-order valence-electron chi connectivity index (χ1n) is 10.4. The SMILES string of the molecule is Cc1ccc(NC(=O)c2sc3nc(-c4ccccc4)cc(-c4ccc(Cl)cc4)c3c2N)cc1. The Bertz CT molecular complexity index is 1460. The van der Waals surface area contributed by atoms with Gasteiger partial charge in [-0.3, -0.25) is 4.79 Å². The van der Waals surface area contributed by atoms with E-state index in [1.807, 2.05) is 91.9 Å². The van der Waals surface area contributed by atoms with Gasteiger partial charge in [-0.05, 0) is 48.4 Å². The number of hydrogen-bond donors (Lipinski definition) is 2. The second kappa shape index (κ2) is 8.70. The maximum absolute atomic E-state index is 13.1. The van der Waals surface area contributed by atoms with Crippen LogP contribution in [0, 0.1) is 6.92 Å². The molecule has 162 valence electrons. The average Bonchev–Trinajstić information content (AvgIpc) is 3.17. The Morgan fingerprint density at radius 2 is 1.64 bits per heavy atom. The molecule has 3 N–H and O–H groups in total. The third-order valence-corrected chi connectivity index (χ3v) is 6.79. The van der Waals surface area contributed by atoms with Crippen LogP contribution in [0.4, 0.5) is 11.4 Å². The summed E-state index contributed by atoms with van der Waals surface area (Å²) in [6.07, 6.45) is 0. The van der Waals surface area contributed by atoms with Crippen molar-refractivity contribution in [2.45, 2.75) is 6.92 Å². The number of aromatic nitrogens is 1. The smallest absolute Gasteiger partial charge is 0.267 e. The summed E-state index contributed by atoms with van der Waals surface area (Å²) in [5.74, 6) is -0.248. The number of amides is 1. The van der Waals surface area contributed by atoms with Gasteiger partial charge in [-0.25, -0.2) is 4.98 Å². The quantitative estimate of drug-likeness (QED) is 0.287. The van der Waals surface area contributed by atoms with Gasteiger partial charge in [0.15, 0.2) is 0 Å². The average molecular weight is 470 g/mol. The van der Waals surface area contributed by atoms with E-state index in [9.17, 15) is 4.79 Å². The summed E-state index contributed by atoms with van der Waals surface area (Å²) in [5.41, 5.74) is 12.5. The predicted molar refractivity (Wildman–Crippen MR) is 139 cm³/mol. The number of thiophene rings is 1. The van der Waals surface area contributed by atoms with Gasteiger partial charge in [0.05, 0.1) is 11.4 Å². The summed E-state index contributed by atoms with van der Waals surface area (Å²) in [6.45, 7) is 2.00. The van der Waals surface area contributed by atoms with Crippen molar-refractivity contribution in [1.29, 1.82) is 0 Å². The first kappa shape index (κ1) is 21.2. The van der Waals surface area contributed by atoms with E-state index >= 15 is 0 Å². The Kier molecular flexibility index (Phi) is 5.58. The molecule has 4 nitrogen and oxygen atoms in total. The van der Waals surface area contributed by atoms with Crippen LogP contribution in [0.25, 0.3) is 32.6 Å². The number of anilines is 2. The molecule has 5 rings (SSSR count). The summed E-state index contributed by atoms with van der Waals surface area (Å²) in [6, 6.07) is 27.2. The number of carbonyl (C=O) groups is 1. The zero-order valence-electron chi connectivity index (χ0n) is 17.8. The highest BCUT2D eigenvalue weighted by Gasteiger charge is 2.22. The molecule has 5 aromatic rings. The third-order valence-electron chi connectivity index (χ3n) is 5.44. The van der Waals surface area contributed by atoms with E-state index in [0.29, 0.717) is 20.4 Å². The van der Waals surface area contributed by atoms with E-state index in [1.54, 1.807) is 0 Å². The van der Waals surface area contributed by atoms with Crippen molar-refractivity contribution in [3.63, 3.8) is 0 Å². The highest BCUT2D eigenvalue weighted by molar-refractivity contribution is 7.21. The molecule has 3 aromatic carbocycles. The molecule has 2 aromatic heterocycles. The highest BCUT2D eigenvalue weighted by atomic mass is 35.5. The predicted octanol–water partition coefficient (Wildman–Crippen LogP) is 7.43. The number of nitrogens with two attached hydrogens (primary N) is 1. The number of rotatable bonds is 4. The molecule has 0 radical (unpaired) electrons. The van der Waals surface area contributed by atoms with Gasteiger partial charge in [-0.15, -0.1) is 11.3 Å². The van der Waals surface area contributed by atoms with Gasteiger partial charge in [0.2, 0.25) is 0 Å². The van der Waals surface area contributed by atoms with E-state index in [1.165, 1.54) is 11.3 Å². The van der Waals surface area contributed by atoms with Crippen LogP contribution < -0.4 is 11.1 Å². The van der Waals surface area contributed by atoms with Gasteiger partial charge in [0.25, 0.3) is 5.91 Å². The van der Waals surface area contributed by atoms with E-state index in [4.69, 9.17) is 22.3 Å². The molecule has 33 heavy (non-hydrogen) atoms. The number of hydrogen-bond acceptors (Lipinski definition) is 4. The Labute approximate surface area is 200 Å². The first-order chi connectivity index (χ1) is 16.0. The molecule has 2 heterocycles.